The Hall–Kier alpha value is -0.170. The summed E-state index contributed by atoms with van der Waals surface area (Å²) in [6.45, 7) is 14.5. The van der Waals surface area contributed by atoms with Crippen molar-refractivity contribution in [3.8, 4) is 0 Å². The minimum atomic E-state index is -3.11. The van der Waals surface area contributed by atoms with Gasteiger partial charge < -0.3 is 15.4 Å². The number of ether oxygens (including phenoxy) is 1. The summed E-state index contributed by atoms with van der Waals surface area (Å²) in [4.78, 5) is 7.39. The Morgan fingerprint density at radius 3 is 2.30 bits per heavy atom. The maximum Gasteiger partial charge on any atom is 0.213 e. The molecule has 8 nitrogen and oxygen atoms in total. The second kappa shape index (κ2) is 16.5. The van der Waals surface area contributed by atoms with Crippen LogP contribution in [0.1, 0.15) is 47.0 Å². The monoisotopic (exact) mass is 561 g/mol. The van der Waals surface area contributed by atoms with Crippen LogP contribution in [0, 0.1) is 5.92 Å². The van der Waals surface area contributed by atoms with Crippen LogP contribution in [0.5, 0.6) is 0 Å². The summed E-state index contributed by atoms with van der Waals surface area (Å²) in [5, 5.41) is 6.66. The van der Waals surface area contributed by atoms with Crippen LogP contribution in [0.15, 0.2) is 4.99 Å². The molecule has 1 atom stereocenters. The number of morpholine rings is 1. The van der Waals surface area contributed by atoms with E-state index in [1.54, 1.807) is 14.0 Å². The SMILES string of the molecule is CCNC(=NCC(C(CC)CC)N1CCOCC1)NCCCN(C)S(=O)(=O)CC.I. The van der Waals surface area contributed by atoms with Gasteiger partial charge in [-0.2, -0.15) is 0 Å². The molecule has 1 unspecified atom stereocenters. The number of hydrogen-bond acceptors (Lipinski definition) is 5. The Bertz CT molecular complexity index is 567. The van der Waals surface area contributed by atoms with Crippen LogP contribution in [0.2, 0.25) is 0 Å². The molecule has 1 heterocycles. The number of nitrogens with zero attached hydrogens (tertiary/aromatic N) is 3. The van der Waals surface area contributed by atoms with Crippen molar-refractivity contribution < 1.29 is 13.2 Å². The lowest BCUT2D eigenvalue weighted by atomic mass is 9.92. The summed E-state index contributed by atoms with van der Waals surface area (Å²) in [5.41, 5.74) is 0. The zero-order valence-corrected chi connectivity index (χ0v) is 22.7. The highest BCUT2D eigenvalue weighted by molar-refractivity contribution is 14.0. The zero-order valence-electron chi connectivity index (χ0n) is 19.5. The normalized spacial score (nSPS) is 17.1. The lowest BCUT2D eigenvalue weighted by molar-refractivity contribution is 0.00395. The average Bonchev–Trinajstić information content (AvgIpc) is 2.74. The van der Waals surface area contributed by atoms with E-state index in [4.69, 9.17) is 9.73 Å². The van der Waals surface area contributed by atoms with Crippen molar-refractivity contribution in [3.05, 3.63) is 0 Å². The summed E-state index contributed by atoms with van der Waals surface area (Å²) in [5.74, 6) is 1.56. The third-order valence-corrected chi connectivity index (χ3v) is 7.53. The Morgan fingerprint density at radius 2 is 1.77 bits per heavy atom. The molecule has 0 radical (unpaired) electrons. The molecule has 30 heavy (non-hydrogen) atoms. The van der Waals surface area contributed by atoms with Crippen LogP contribution in [0.3, 0.4) is 0 Å². The van der Waals surface area contributed by atoms with Crippen molar-refractivity contribution in [1.29, 1.82) is 0 Å². The smallest absolute Gasteiger partial charge is 0.213 e. The summed E-state index contributed by atoms with van der Waals surface area (Å²) >= 11 is 0. The largest absolute Gasteiger partial charge is 0.379 e. The van der Waals surface area contributed by atoms with Crippen molar-refractivity contribution in [2.45, 2.75) is 53.0 Å². The average molecular weight is 562 g/mol. The number of aliphatic imine (C=N–C) groups is 1. The van der Waals surface area contributed by atoms with Gasteiger partial charge in [0.15, 0.2) is 5.96 Å². The third kappa shape index (κ3) is 10.4. The minimum absolute atomic E-state index is 0. The molecule has 1 aliphatic rings. The summed E-state index contributed by atoms with van der Waals surface area (Å²) < 4.78 is 30.6. The molecular weight excluding hydrogens is 517 g/mol. The van der Waals surface area contributed by atoms with E-state index < -0.39 is 10.0 Å². The van der Waals surface area contributed by atoms with Crippen LogP contribution < -0.4 is 10.6 Å². The van der Waals surface area contributed by atoms with E-state index in [-0.39, 0.29) is 29.7 Å². The molecule has 0 spiro atoms. The van der Waals surface area contributed by atoms with Gasteiger partial charge in [-0.25, -0.2) is 12.7 Å². The highest BCUT2D eigenvalue weighted by Crippen LogP contribution is 2.20. The molecule has 0 saturated carbocycles. The van der Waals surface area contributed by atoms with E-state index in [1.807, 2.05) is 0 Å². The third-order valence-electron chi connectivity index (χ3n) is 5.67. The first-order chi connectivity index (χ1) is 13.9. The molecule has 0 amide bonds. The fraction of sp³-hybridized carbons (Fsp3) is 0.950. The Morgan fingerprint density at radius 1 is 1.13 bits per heavy atom. The van der Waals surface area contributed by atoms with E-state index >= 15 is 0 Å². The van der Waals surface area contributed by atoms with Crippen LogP contribution >= 0.6 is 24.0 Å². The second-order valence-corrected chi connectivity index (χ2v) is 9.88. The van der Waals surface area contributed by atoms with E-state index in [2.05, 4.69) is 36.3 Å². The molecule has 1 saturated heterocycles. The zero-order chi connectivity index (χ0) is 21.7. The lowest BCUT2D eigenvalue weighted by Gasteiger charge is -2.38. The quantitative estimate of drug-likeness (QED) is 0.155. The Labute approximate surface area is 201 Å². The van der Waals surface area contributed by atoms with Crippen molar-refractivity contribution in [1.82, 2.24) is 19.8 Å². The van der Waals surface area contributed by atoms with E-state index in [0.717, 1.165) is 64.6 Å². The van der Waals surface area contributed by atoms with Gasteiger partial charge in [0, 0.05) is 45.8 Å². The van der Waals surface area contributed by atoms with Crippen molar-refractivity contribution in [2.24, 2.45) is 10.9 Å². The van der Waals surface area contributed by atoms with Crippen LogP contribution in [0.4, 0.5) is 0 Å². The van der Waals surface area contributed by atoms with E-state index in [0.29, 0.717) is 25.0 Å². The van der Waals surface area contributed by atoms with Crippen molar-refractivity contribution >= 4 is 40.0 Å². The van der Waals surface area contributed by atoms with Crippen molar-refractivity contribution in [2.75, 3.05) is 65.3 Å². The van der Waals surface area contributed by atoms with E-state index in [9.17, 15) is 8.42 Å². The standard InChI is InChI=1S/C20H43N5O3S.HI/c1-6-18(7-2)19(25-13-15-28-16-14-25)17-23-20(21-8-3)22-11-10-12-24(5)29(26,27)9-4;/h18-19H,6-17H2,1-5H3,(H2,21,22,23);1H. The summed E-state index contributed by atoms with van der Waals surface area (Å²) in [6.07, 6.45) is 3.03. The van der Waals surface area contributed by atoms with Gasteiger partial charge in [0.05, 0.1) is 25.5 Å². The Kier molecular flexibility index (Phi) is 16.4. The maximum absolute atomic E-state index is 11.8. The highest BCUT2D eigenvalue weighted by atomic mass is 127. The fourth-order valence-electron chi connectivity index (χ4n) is 3.70. The van der Waals surface area contributed by atoms with Crippen LogP contribution in [0.25, 0.3) is 0 Å². The number of hydrogen-bond donors (Lipinski definition) is 2. The molecular formula is C20H44IN5O3S. The van der Waals surface area contributed by atoms with Gasteiger partial charge in [0.25, 0.3) is 0 Å². The fourth-order valence-corrected chi connectivity index (χ4v) is 4.55. The van der Waals surface area contributed by atoms with Gasteiger partial charge in [0.2, 0.25) is 10.0 Å². The van der Waals surface area contributed by atoms with Crippen LogP contribution in [-0.2, 0) is 14.8 Å². The lowest BCUT2D eigenvalue weighted by Crippen LogP contribution is -2.49. The predicted octanol–water partition coefficient (Wildman–Crippen LogP) is 1.97. The first-order valence-electron chi connectivity index (χ1n) is 11.2. The van der Waals surface area contributed by atoms with Gasteiger partial charge in [0.1, 0.15) is 0 Å². The number of rotatable bonds is 13. The van der Waals surface area contributed by atoms with Gasteiger partial charge >= 0.3 is 0 Å². The minimum Gasteiger partial charge on any atom is -0.379 e. The maximum atomic E-state index is 11.8. The predicted molar refractivity (Wildman–Crippen MR) is 136 cm³/mol. The van der Waals surface area contributed by atoms with Gasteiger partial charge in [-0.05, 0) is 26.2 Å². The van der Waals surface area contributed by atoms with Crippen molar-refractivity contribution in [3.63, 3.8) is 0 Å². The molecule has 0 aromatic heterocycles. The number of nitrogens with one attached hydrogen (secondary N) is 2. The number of sulfonamides is 1. The number of halogens is 1. The Balaban J connectivity index is 0.00000841. The molecule has 2 N–H and O–H groups in total. The first kappa shape index (κ1) is 29.8. The molecule has 0 aromatic rings. The molecule has 1 aliphatic heterocycles. The molecule has 0 bridgehead atoms. The number of guanidine groups is 1. The topological polar surface area (TPSA) is 86.3 Å². The molecule has 0 aromatic carbocycles. The van der Waals surface area contributed by atoms with E-state index in [1.165, 1.54) is 4.31 Å². The molecule has 1 fully saturated rings. The summed E-state index contributed by atoms with van der Waals surface area (Å²) in [7, 11) is -1.47. The second-order valence-electron chi connectivity index (χ2n) is 7.51. The highest BCUT2D eigenvalue weighted by Gasteiger charge is 2.26. The first-order valence-corrected chi connectivity index (χ1v) is 12.8. The molecule has 10 heteroatoms. The van der Waals surface area contributed by atoms with Gasteiger partial charge in [-0.3, -0.25) is 9.89 Å². The van der Waals surface area contributed by atoms with Gasteiger partial charge in [-0.1, -0.05) is 26.7 Å². The summed E-state index contributed by atoms with van der Waals surface area (Å²) in [6, 6.07) is 0.421. The molecule has 180 valence electrons. The van der Waals surface area contributed by atoms with Gasteiger partial charge in [-0.15, -0.1) is 24.0 Å². The molecule has 1 rings (SSSR count). The molecule has 0 aliphatic carbocycles. The van der Waals surface area contributed by atoms with Crippen LogP contribution in [-0.4, -0.2) is 94.9 Å².